The second-order valence-corrected chi connectivity index (χ2v) is 18.8. The van der Waals surface area contributed by atoms with Gasteiger partial charge in [-0.05, 0) is 88.7 Å². The van der Waals surface area contributed by atoms with Crippen molar-refractivity contribution in [2.45, 2.75) is 139 Å². The van der Waals surface area contributed by atoms with Gasteiger partial charge in [-0.25, -0.2) is 0 Å². The summed E-state index contributed by atoms with van der Waals surface area (Å²) in [7, 11) is 0. The molecule has 18 N–H and O–H groups in total. The second-order valence-electron chi connectivity index (χ2n) is 18.8. The van der Waals surface area contributed by atoms with E-state index >= 15 is 0 Å². The van der Waals surface area contributed by atoms with Gasteiger partial charge in [0.05, 0.1) is 43.5 Å². The number of carbonyl (C=O) groups excluding carboxylic acids is 9. The topological polar surface area (TPSA) is 406 Å². The fourth-order valence-corrected chi connectivity index (χ4v) is 8.09. The average molecular weight is 1040 g/mol. The predicted octanol–water partition coefficient (Wildman–Crippen LogP) is -4.66. The van der Waals surface area contributed by atoms with Crippen LogP contribution in [0, 0.1) is 5.92 Å². The summed E-state index contributed by atoms with van der Waals surface area (Å²) in [4.78, 5) is 124. The van der Waals surface area contributed by atoms with Gasteiger partial charge in [0.1, 0.15) is 47.8 Å². The Bertz CT molecular complexity index is 2120. The van der Waals surface area contributed by atoms with Crippen LogP contribution in [-0.2, 0) is 56.0 Å². The number of aldehydes is 1. The maximum atomic E-state index is 14.4. The average Bonchev–Trinajstić information content (AvgIpc) is 3.88. The number of nitrogens with two attached hydrogens (primary N) is 3. The summed E-state index contributed by atoms with van der Waals surface area (Å²) < 4.78 is 5.22. The molecule has 3 rings (SSSR count). The van der Waals surface area contributed by atoms with Gasteiger partial charge in [-0.2, -0.15) is 0 Å². The van der Waals surface area contributed by atoms with E-state index < -0.39 is 114 Å². The number of amides is 8. The minimum absolute atomic E-state index is 0.0556. The molecular formula is C49H79N13O12. The molecule has 2 aromatic rings. The molecule has 1 aromatic carbocycles. The Hall–Kier alpha value is -6.35. The van der Waals surface area contributed by atoms with Crippen molar-refractivity contribution in [3.05, 3.63) is 60.1 Å². The first-order valence-electron chi connectivity index (χ1n) is 25.1. The van der Waals surface area contributed by atoms with Gasteiger partial charge in [0.25, 0.3) is 0 Å². The number of nitrogens with one attached hydrogen (secondary N) is 10. The van der Waals surface area contributed by atoms with Gasteiger partial charge >= 0.3 is 0 Å². The summed E-state index contributed by atoms with van der Waals surface area (Å²) >= 11 is 0. The molecule has 25 heteroatoms. The lowest BCUT2D eigenvalue weighted by atomic mass is 9.90. The maximum absolute atomic E-state index is 14.4. The zero-order valence-electron chi connectivity index (χ0n) is 42.8. The van der Waals surface area contributed by atoms with E-state index in [4.69, 9.17) is 21.6 Å². The Balaban J connectivity index is 2.07. The third-order valence-electron chi connectivity index (χ3n) is 12.2. The van der Waals surface area contributed by atoms with Crippen molar-refractivity contribution in [3.63, 3.8) is 0 Å². The molecule has 412 valence electrons. The molecule has 74 heavy (non-hydrogen) atoms. The Morgan fingerprint density at radius 3 is 1.93 bits per heavy atom. The normalized spacial score (nSPS) is 24.4. The molecule has 1 saturated heterocycles. The van der Waals surface area contributed by atoms with E-state index in [2.05, 4.69) is 53.2 Å². The first-order chi connectivity index (χ1) is 35.3. The highest BCUT2D eigenvalue weighted by atomic mass is 16.3. The van der Waals surface area contributed by atoms with Crippen molar-refractivity contribution in [3.8, 4) is 0 Å². The van der Waals surface area contributed by atoms with Gasteiger partial charge < -0.3 is 89.8 Å². The molecule has 1 aromatic heterocycles. The van der Waals surface area contributed by atoms with Crippen LogP contribution < -0.4 is 70.4 Å². The number of rotatable bonds is 22. The third kappa shape index (κ3) is 20.5. The van der Waals surface area contributed by atoms with Crippen LogP contribution in [0.15, 0.2) is 53.1 Å². The molecule has 1 aliphatic rings. The van der Waals surface area contributed by atoms with E-state index in [1.54, 1.807) is 49.4 Å². The first-order valence-corrected chi connectivity index (χ1v) is 25.1. The monoisotopic (exact) mass is 1040 g/mol. The summed E-state index contributed by atoms with van der Waals surface area (Å²) in [5.74, 6) is -5.68. The van der Waals surface area contributed by atoms with E-state index in [1.807, 2.05) is 13.8 Å². The molecular weight excluding hydrogens is 963 g/mol. The molecule has 0 aliphatic carbocycles. The number of hydrogen-bond acceptors (Lipinski definition) is 17. The Morgan fingerprint density at radius 1 is 0.797 bits per heavy atom. The highest BCUT2D eigenvalue weighted by molar-refractivity contribution is 5.95. The Kier molecular flexibility index (Phi) is 26.8. The highest BCUT2D eigenvalue weighted by Gasteiger charge is 2.38. The van der Waals surface area contributed by atoms with Gasteiger partial charge in [0, 0.05) is 26.1 Å². The SMILES string of the molecule is CC[C@H](NC(=O)Cc1ccco1)C(=O)NC(CO)CN[C@H]1CCNC(=O)[C@H]([C@@H](C)O)NC(=O)[C@H](CCN)NC(=O)[C@H](CCN)NC(=O)[C@H](CC(C)C)NC[C@](C=O)(Cc2ccccc2)NC(=O)[C@H](CCN)NC1=O. The van der Waals surface area contributed by atoms with Crippen molar-refractivity contribution >= 4 is 53.5 Å². The number of aliphatic hydroxyl groups is 2. The van der Waals surface area contributed by atoms with Gasteiger partial charge in [-0.15, -0.1) is 0 Å². The lowest BCUT2D eigenvalue weighted by Crippen LogP contribution is -2.64. The molecule has 10 atom stereocenters. The fourth-order valence-electron chi connectivity index (χ4n) is 8.09. The molecule has 0 radical (unpaired) electrons. The van der Waals surface area contributed by atoms with Crippen LogP contribution in [0.1, 0.15) is 77.5 Å². The van der Waals surface area contributed by atoms with Gasteiger partial charge in [-0.1, -0.05) is 51.1 Å². The highest BCUT2D eigenvalue weighted by Crippen LogP contribution is 2.15. The van der Waals surface area contributed by atoms with Crippen LogP contribution in [0.5, 0.6) is 0 Å². The molecule has 25 nitrogen and oxygen atoms in total. The van der Waals surface area contributed by atoms with Crippen LogP contribution in [-0.4, -0.2) is 170 Å². The molecule has 1 aliphatic heterocycles. The summed E-state index contributed by atoms with van der Waals surface area (Å²) in [6.07, 6.45) is 0.128. The van der Waals surface area contributed by atoms with Crippen molar-refractivity contribution in [2.75, 3.05) is 45.9 Å². The lowest BCUT2D eigenvalue weighted by Gasteiger charge is -2.34. The van der Waals surface area contributed by atoms with Crippen LogP contribution in [0.4, 0.5) is 0 Å². The lowest BCUT2D eigenvalue weighted by molar-refractivity contribution is -0.135. The smallest absolute Gasteiger partial charge is 0.245 e. The second kappa shape index (κ2) is 32.1. The standard InChI is InChI=1S/C49H79N13O12/c1-5-34(57-40(66)23-33-12-9-21-74-33)42(67)56-32(26-63)25-54-35-16-20-53-48(73)41(30(4)65)61-45(70)37(14-18-51)58-44(69)36(13-17-50)59-46(71)39(22-29(2)3)55-27-49(28-64,24-31-10-7-6-8-11-31)62-47(72)38(15-19-52)60-43(35)68/h6-12,21,28-30,32,34-39,41,54-55,63,65H,5,13-20,22-27,50-52H2,1-4H3,(H,53,73)(H,56,67)(H,57,66)(H,58,69)(H,59,71)(H,60,68)(H,61,70)(H,62,72)/t30-,32?,34+,35+,36+,37+,38+,39+,41+,49+/m1/s1. The number of furan rings is 1. The van der Waals surface area contributed by atoms with Gasteiger partial charge in [0.2, 0.25) is 47.3 Å². The van der Waals surface area contributed by atoms with Crippen LogP contribution >= 0.6 is 0 Å². The Morgan fingerprint density at radius 2 is 1.39 bits per heavy atom. The first kappa shape index (κ1) is 61.9. The van der Waals surface area contributed by atoms with E-state index in [1.165, 1.54) is 13.2 Å². The minimum atomic E-state index is -1.75. The molecule has 0 bridgehead atoms. The van der Waals surface area contributed by atoms with Crippen molar-refractivity contribution in [2.24, 2.45) is 23.1 Å². The summed E-state index contributed by atoms with van der Waals surface area (Å²) in [5.41, 5.74) is 16.6. The fraction of sp³-hybridized carbons (Fsp3) is 0.612. The largest absolute Gasteiger partial charge is 0.469 e. The number of aliphatic hydroxyl groups excluding tert-OH is 2. The van der Waals surface area contributed by atoms with E-state index in [9.17, 15) is 53.4 Å². The quantitative estimate of drug-likeness (QED) is 0.0493. The molecule has 0 saturated carbocycles. The Labute approximate surface area is 431 Å². The zero-order valence-corrected chi connectivity index (χ0v) is 42.8. The van der Waals surface area contributed by atoms with E-state index in [-0.39, 0.29) is 96.6 Å². The van der Waals surface area contributed by atoms with Gasteiger partial charge in [-0.3, -0.25) is 38.4 Å². The minimum Gasteiger partial charge on any atom is -0.469 e. The third-order valence-corrected chi connectivity index (χ3v) is 12.2. The van der Waals surface area contributed by atoms with Gasteiger partial charge in [0.15, 0.2) is 0 Å². The van der Waals surface area contributed by atoms with E-state index in [0.717, 1.165) is 0 Å². The van der Waals surface area contributed by atoms with E-state index in [0.29, 0.717) is 17.6 Å². The van der Waals surface area contributed by atoms with Crippen LogP contribution in [0.25, 0.3) is 0 Å². The van der Waals surface area contributed by atoms with Crippen molar-refractivity contribution in [1.82, 2.24) is 53.2 Å². The molecule has 8 amide bonds. The summed E-state index contributed by atoms with van der Waals surface area (Å²) in [6.45, 7) is 4.89. The summed E-state index contributed by atoms with van der Waals surface area (Å²) in [6, 6.07) is 2.04. The van der Waals surface area contributed by atoms with Crippen LogP contribution in [0.2, 0.25) is 0 Å². The predicted molar refractivity (Wildman–Crippen MR) is 272 cm³/mol. The molecule has 0 spiro atoms. The molecule has 2 heterocycles. The van der Waals surface area contributed by atoms with Crippen LogP contribution in [0.3, 0.4) is 0 Å². The zero-order chi connectivity index (χ0) is 54.8. The number of hydrogen-bond donors (Lipinski definition) is 15. The molecule has 1 fully saturated rings. The summed E-state index contributed by atoms with van der Waals surface area (Å²) in [5, 5.41) is 48.4. The number of carbonyl (C=O) groups is 9. The van der Waals surface area contributed by atoms with Crippen molar-refractivity contribution < 1.29 is 57.8 Å². The maximum Gasteiger partial charge on any atom is 0.245 e. The molecule has 1 unspecified atom stereocenters. The van der Waals surface area contributed by atoms with Crippen molar-refractivity contribution in [1.29, 1.82) is 0 Å². The number of benzene rings is 1.